The van der Waals surface area contributed by atoms with Gasteiger partial charge < -0.3 is 10.1 Å². The first kappa shape index (κ1) is 7.71. The minimum atomic E-state index is -0.458. The van der Waals surface area contributed by atoms with Gasteiger partial charge in [0.15, 0.2) is 12.4 Å². The molecular weight excluding hydrogens is 146 g/mol. The Labute approximate surface area is 63.8 Å². The molecule has 1 radical (unpaired) electrons. The molecule has 1 heterocycles. The zero-order valence-electron chi connectivity index (χ0n) is 6.31. The van der Waals surface area contributed by atoms with Crippen LogP contribution in [0.3, 0.4) is 0 Å². The fourth-order valence-electron chi connectivity index (χ4n) is 0.768. The zero-order valence-corrected chi connectivity index (χ0v) is 6.31. The van der Waals surface area contributed by atoms with E-state index >= 15 is 0 Å². The zero-order chi connectivity index (χ0) is 8.43. The number of hydrogen-bond donors (Lipinski definition) is 0. The van der Waals surface area contributed by atoms with Crippen molar-refractivity contribution in [2.24, 2.45) is 0 Å². The van der Waals surface area contributed by atoms with Gasteiger partial charge >= 0.3 is 5.82 Å². The summed E-state index contributed by atoms with van der Waals surface area (Å²) in [5, 5.41) is 10.3. The number of nitrogens with zero attached hydrogens (tertiary/aromatic N) is 3. The maximum atomic E-state index is 10.3. The van der Waals surface area contributed by atoms with Crippen LogP contribution in [0.4, 0.5) is 5.82 Å². The van der Waals surface area contributed by atoms with Gasteiger partial charge in [-0.2, -0.15) is 0 Å². The van der Waals surface area contributed by atoms with Crippen LogP contribution < -0.4 is 0 Å². The van der Waals surface area contributed by atoms with Crippen molar-refractivity contribution in [2.75, 3.05) is 0 Å². The Hall–Kier alpha value is -1.39. The number of nitro groups is 1. The van der Waals surface area contributed by atoms with Crippen molar-refractivity contribution in [1.29, 1.82) is 0 Å². The molecule has 0 aliphatic carbocycles. The van der Waals surface area contributed by atoms with Gasteiger partial charge in [-0.05, 0) is 18.8 Å². The lowest BCUT2D eigenvalue weighted by atomic mass is 10.4. The van der Waals surface area contributed by atoms with Gasteiger partial charge in [-0.3, -0.25) is 0 Å². The van der Waals surface area contributed by atoms with Gasteiger partial charge in [-0.1, -0.05) is 0 Å². The molecule has 0 saturated carbocycles. The van der Waals surface area contributed by atoms with Crippen LogP contribution in [0.15, 0.2) is 12.5 Å². The summed E-state index contributed by atoms with van der Waals surface area (Å²) in [6.45, 7) is 3.57. The molecule has 0 unspecified atom stereocenters. The van der Waals surface area contributed by atoms with E-state index in [1.807, 2.05) is 0 Å². The Morgan fingerprint density at radius 2 is 2.36 bits per heavy atom. The van der Waals surface area contributed by atoms with E-state index in [9.17, 15) is 10.1 Å². The first-order chi connectivity index (χ1) is 5.13. The van der Waals surface area contributed by atoms with E-state index in [1.165, 1.54) is 17.1 Å². The predicted molar refractivity (Wildman–Crippen MR) is 38.9 cm³/mol. The summed E-state index contributed by atoms with van der Waals surface area (Å²) < 4.78 is 1.43. The molecule has 5 nitrogen and oxygen atoms in total. The average Bonchev–Trinajstić information content (AvgIpc) is 2.32. The van der Waals surface area contributed by atoms with Crippen LogP contribution in [0, 0.1) is 16.2 Å². The Morgan fingerprint density at radius 1 is 1.73 bits per heavy atom. The Morgan fingerprint density at radius 3 is 2.73 bits per heavy atom. The van der Waals surface area contributed by atoms with Crippen molar-refractivity contribution in [3.63, 3.8) is 0 Å². The van der Waals surface area contributed by atoms with Crippen molar-refractivity contribution in [3.05, 3.63) is 28.7 Å². The molecule has 0 atom stereocenters. The van der Waals surface area contributed by atoms with E-state index in [0.29, 0.717) is 0 Å². The van der Waals surface area contributed by atoms with Crippen LogP contribution >= 0.6 is 0 Å². The van der Waals surface area contributed by atoms with E-state index in [0.717, 1.165) is 6.04 Å². The molecule has 5 heteroatoms. The van der Waals surface area contributed by atoms with Gasteiger partial charge in [0.1, 0.15) is 6.20 Å². The standard InChI is InChI=1S/C6H8N3O2/c1-5(2)8-4-7-3-6(8)9(10)11/h3-4H,1-2H3. The lowest BCUT2D eigenvalue weighted by molar-refractivity contribution is -0.391. The minimum absolute atomic E-state index is 0.00463. The van der Waals surface area contributed by atoms with Crippen molar-refractivity contribution in [1.82, 2.24) is 9.55 Å². The van der Waals surface area contributed by atoms with Crippen molar-refractivity contribution >= 4 is 5.82 Å². The normalized spacial score (nSPS) is 10.5. The highest BCUT2D eigenvalue weighted by atomic mass is 16.6. The van der Waals surface area contributed by atoms with Crippen LogP contribution in [0.1, 0.15) is 13.8 Å². The lowest BCUT2D eigenvalue weighted by Crippen LogP contribution is -2.04. The highest BCUT2D eigenvalue weighted by molar-refractivity contribution is 5.19. The highest BCUT2D eigenvalue weighted by Gasteiger charge is 2.15. The molecule has 0 aliphatic rings. The first-order valence-corrected chi connectivity index (χ1v) is 3.10. The maximum Gasteiger partial charge on any atom is 0.343 e. The van der Waals surface area contributed by atoms with Crippen molar-refractivity contribution in [3.8, 4) is 0 Å². The largest absolute Gasteiger partial charge is 0.358 e. The second kappa shape index (κ2) is 2.69. The third-order valence-electron chi connectivity index (χ3n) is 1.29. The summed E-state index contributed by atoms with van der Waals surface area (Å²) in [6, 6.07) is 0.828. The topological polar surface area (TPSA) is 61.0 Å². The summed E-state index contributed by atoms with van der Waals surface area (Å²) in [5.41, 5.74) is 0. The third-order valence-corrected chi connectivity index (χ3v) is 1.29. The summed E-state index contributed by atoms with van der Waals surface area (Å²) in [7, 11) is 0. The molecule has 0 bridgehead atoms. The van der Waals surface area contributed by atoms with Crippen LogP contribution in [-0.2, 0) is 0 Å². The molecule has 0 saturated heterocycles. The van der Waals surface area contributed by atoms with Gasteiger partial charge in [-0.25, -0.2) is 9.55 Å². The number of imidazole rings is 1. The molecular formula is C6H8N3O2. The molecule has 0 spiro atoms. The molecule has 0 N–H and O–H groups in total. The van der Waals surface area contributed by atoms with Crippen LogP contribution in [-0.4, -0.2) is 14.5 Å². The summed E-state index contributed by atoms with van der Waals surface area (Å²) in [6.07, 6.45) is 2.65. The Balaban J connectivity index is 3.06. The van der Waals surface area contributed by atoms with E-state index in [1.54, 1.807) is 13.8 Å². The molecule has 0 fully saturated rings. The van der Waals surface area contributed by atoms with Gasteiger partial charge in [0.05, 0.1) is 0 Å². The molecule has 59 valence electrons. The van der Waals surface area contributed by atoms with Gasteiger partial charge in [0, 0.05) is 0 Å². The molecule has 1 aromatic rings. The summed E-state index contributed by atoms with van der Waals surface area (Å²) >= 11 is 0. The fraction of sp³-hybridized carbons (Fsp3) is 0.333. The van der Waals surface area contributed by atoms with Crippen molar-refractivity contribution in [2.45, 2.75) is 13.8 Å². The highest BCUT2D eigenvalue weighted by Crippen LogP contribution is 2.14. The van der Waals surface area contributed by atoms with Crippen LogP contribution in [0.5, 0.6) is 0 Å². The lowest BCUT2D eigenvalue weighted by Gasteiger charge is -2.00. The van der Waals surface area contributed by atoms with E-state index in [4.69, 9.17) is 0 Å². The Bertz CT molecular complexity index is 267. The second-order valence-corrected chi connectivity index (χ2v) is 2.33. The van der Waals surface area contributed by atoms with Gasteiger partial charge in [-0.15, -0.1) is 0 Å². The second-order valence-electron chi connectivity index (χ2n) is 2.33. The van der Waals surface area contributed by atoms with E-state index in [2.05, 4.69) is 4.98 Å². The molecule has 0 amide bonds. The number of aromatic nitrogens is 2. The van der Waals surface area contributed by atoms with Gasteiger partial charge in [0.2, 0.25) is 0 Å². The van der Waals surface area contributed by atoms with E-state index < -0.39 is 4.92 Å². The molecule has 1 aromatic heterocycles. The SMILES string of the molecule is C[C](C)n1cncc1[N+](=O)[O-]. The third kappa shape index (κ3) is 1.36. The van der Waals surface area contributed by atoms with Crippen LogP contribution in [0.25, 0.3) is 0 Å². The summed E-state index contributed by atoms with van der Waals surface area (Å²) in [4.78, 5) is 13.5. The predicted octanol–water partition coefficient (Wildman–Crippen LogP) is 1.21. The molecule has 1 rings (SSSR count). The molecule has 0 aliphatic heterocycles. The minimum Gasteiger partial charge on any atom is -0.358 e. The fourth-order valence-corrected chi connectivity index (χ4v) is 0.768. The quantitative estimate of drug-likeness (QED) is 0.475. The molecule has 11 heavy (non-hydrogen) atoms. The maximum absolute atomic E-state index is 10.3. The molecule has 0 aromatic carbocycles. The smallest absolute Gasteiger partial charge is 0.343 e. The average molecular weight is 154 g/mol. The number of hydrogen-bond acceptors (Lipinski definition) is 3. The number of rotatable bonds is 2. The Kier molecular flexibility index (Phi) is 1.89. The monoisotopic (exact) mass is 154 g/mol. The van der Waals surface area contributed by atoms with Gasteiger partial charge in [0.25, 0.3) is 0 Å². The van der Waals surface area contributed by atoms with Crippen molar-refractivity contribution < 1.29 is 4.92 Å². The van der Waals surface area contributed by atoms with E-state index in [-0.39, 0.29) is 5.82 Å². The summed E-state index contributed by atoms with van der Waals surface area (Å²) in [5.74, 6) is 0.00463. The van der Waals surface area contributed by atoms with Crippen LogP contribution in [0.2, 0.25) is 0 Å². The first-order valence-electron chi connectivity index (χ1n) is 3.10.